The van der Waals surface area contributed by atoms with Crippen LogP contribution in [0.1, 0.15) is 34.1 Å². The van der Waals surface area contributed by atoms with Crippen molar-refractivity contribution in [3.63, 3.8) is 0 Å². The zero-order valence-electron chi connectivity index (χ0n) is 11.0. The van der Waals surface area contributed by atoms with Crippen LogP contribution in [0.2, 0.25) is 18.1 Å². The summed E-state index contributed by atoms with van der Waals surface area (Å²) in [5.41, 5.74) is 0. The normalized spacial score (nSPS) is 27.3. The predicted molar refractivity (Wildman–Crippen MR) is 69.2 cm³/mol. The SMILES string of the molecule is C[C@@H]1C=N[C@H](CO[Si](C)(C)C(C)(C)C)C1. The molecular weight excluding hydrogens is 202 g/mol. The van der Waals surface area contributed by atoms with E-state index in [-0.39, 0.29) is 0 Å². The van der Waals surface area contributed by atoms with E-state index in [2.05, 4.69) is 52.0 Å². The van der Waals surface area contributed by atoms with E-state index >= 15 is 0 Å². The van der Waals surface area contributed by atoms with Crippen LogP contribution in [0.25, 0.3) is 0 Å². The molecule has 0 fully saturated rings. The monoisotopic (exact) mass is 227 g/mol. The van der Waals surface area contributed by atoms with E-state index < -0.39 is 8.32 Å². The van der Waals surface area contributed by atoms with Gasteiger partial charge >= 0.3 is 0 Å². The Hall–Kier alpha value is -0.153. The summed E-state index contributed by atoms with van der Waals surface area (Å²) < 4.78 is 6.15. The number of aliphatic imine (C=N–C) groups is 1. The van der Waals surface area contributed by atoms with E-state index in [9.17, 15) is 0 Å². The second-order valence-corrected chi connectivity index (χ2v) is 11.0. The maximum atomic E-state index is 6.15. The molecule has 0 spiro atoms. The molecule has 1 heterocycles. The first-order chi connectivity index (χ1) is 6.72. The highest BCUT2D eigenvalue weighted by Gasteiger charge is 2.37. The Morgan fingerprint density at radius 1 is 1.40 bits per heavy atom. The van der Waals surface area contributed by atoms with Gasteiger partial charge in [-0.05, 0) is 30.5 Å². The quantitative estimate of drug-likeness (QED) is 0.676. The Morgan fingerprint density at radius 3 is 2.40 bits per heavy atom. The summed E-state index contributed by atoms with van der Waals surface area (Å²) in [4.78, 5) is 4.47. The van der Waals surface area contributed by atoms with E-state index in [0.717, 1.165) is 13.0 Å². The van der Waals surface area contributed by atoms with Gasteiger partial charge in [0.05, 0.1) is 12.6 Å². The summed E-state index contributed by atoms with van der Waals surface area (Å²) in [6, 6.07) is 0.411. The molecule has 0 saturated carbocycles. The van der Waals surface area contributed by atoms with Crippen molar-refractivity contribution in [1.82, 2.24) is 0 Å². The van der Waals surface area contributed by atoms with Crippen molar-refractivity contribution in [2.24, 2.45) is 10.9 Å². The first kappa shape index (κ1) is 12.9. The minimum absolute atomic E-state index is 0.306. The van der Waals surface area contributed by atoms with Gasteiger partial charge in [-0.2, -0.15) is 0 Å². The van der Waals surface area contributed by atoms with Gasteiger partial charge in [-0.1, -0.05) is 27.7 Å². The van der Waals surface area contributed by atoms with Gasteiger partial charge in [0.25, 0.3) is 0 Å². The first-order valence-electron chi connectivity index (χ1n) is 5.89. The van der Waals surface area contributed by atoms with E-state index in [0.29, 0.717) is 17.0 Å². The van der Waals surface area contributed by atoms with Crippen LogP contribution in [0.5, 0.6) is 0 Å². The van der Waals surface area contributed by atoms with Crippen LogP contribution < -0.4 is 0 Å². The lowest BCUT2D eigenvalue weighted by molar-refractivity contribution is 0.260. The molecule has 0 amide bonds. The molecule has 0 saturated heterocycles. The lowest BCUT2D eigenvalue weighted by atomic mass is 10.1. The minimum Gasteiger partial charge on any atom is -0.415 e. The van der Waals surface area contributed by atoms with Crippen molar-refractivity contribution in [3.8, 4) is 0 Å². The number of rotatable bonds is 3. The first-order valence-corrected chi connectivity index (χ1v) is 8.80. The molecule has 0 aromatic heterocycles. The van der Waals surface area contributed by atoms with Crippen LogP contribution in [0.4, 0.5) is 0 Å². The van der Waals surface area contributed by atoms with Crippen molar-refractivity contribution in [1.29, 1.82) is 0 Å². The zero-order valence-corrected chi connectivity index (χ0v) is 12.0. The average Bonchev–Trinajstić information content (AvgIpc) is 2.46. The van der Waals surface area contributed by atoms with Gasteiger partial charge in [0, 0.05) is 6.21 Å². The van der Waals surface area contributed by atoms with Crippen molar-refractivity contribution in [2.45, 2.75) is 58.3 Å². The number of nitrogens with zero attached hydrogens (tertiary/aromatic N) is 1. The molecule has 3 heteroatoms. The van der Waals surface area contributed by atoms with Gasteiger partial charge in [-0.3, -0.25) is 4.99 Å². The lowest BCUT2D eigenvalue weighted by Crippen LogP contribution is -2.42. The molecule has 2 nitrogen and oxygen atoms in total. The Balaban J connectivity index is 2.40. The average molecular weight is 227 g/mol. The standard InChI is InChI=1S/C12H25NOSi/c1-10-7-11(13-8-10)9-14-15(5,6)12(2,3)4/h8,10-11H,7,9H2,1-6H3/t10-,11-/m0/s1. The van der Waals surface area contributed by atoms with Crippen LogP contribution in [0.3, 0.4) is 0 Å². The van der Waals surface area contributed by atoms with Gasteiger partial charge in [0.2, 0.25) is 0 Å². The highest BCUT2D eigenvalue weighted by molar-refractivity contribution is 6.74. The summed E-state index contributed by atoms with van der Waals surface area (Å²) in [5.74, 6) is 0.637. The summed E-state index contributed by atoms with van der Waals surface area (Å²) in [5, 5.41) is 0.306. The molecule has 0 aromatic carbocycles. The van der Waals surface area contributed by atoms with Crippen LogP contribution in [-0.2, 0) is 4.43 Å². The fourth-order valence-corrected chi connectivity index (χ4v) is 2.49. The van der Waals surface area contributed by atoms with Gasteiger partial charge < -0.3 is 4.43 Å². The molecule has 1 aliphatic rings. The third kappa shape index (κ3) is 3.42. The molecule has 15 heavy (non-hydrogen) atoms. The minimum atomic E-state index is -1.57. The largest absolute Gasteiger partial charge is 0.415 e. The molecule has 88 valence electrons. The van der Waals surface area contributed by atoms with E-state index in [1.54, 1.807) is 0 Å². The summed E-state index contributed by atoms with van der Waals surface area (Å²) >= 11 is 0. The zero-order chi connectivity index (χ0) is 11.7. The Morgan fingerprint density at radius 2 is 2.00 bits per heavy atom. The van der Waals surface area contributed by atoms with Crippen LogP contribution in [0, 0.1) is 5.92 Å². The van der Waals surface area contributed by atoms with E-state index in [1.165, 1.54) is 0 Å². The summed E-state index contributed by atoms with van der Waals surface area (Å²) in [6.45, 7) is 14.5. The third-order valence-electron chi connectivity index (χ3n) is 3.64. The Kier molecular flexibility index (Phi) is 3.77. The maximum absolute atomic E-state index is 6.15. The van der Waals surface area contributed by atoms with Crippen molar-refractivity contribution >= 4 is 14.5 Å². The molecule has 2 atom stereocenters. The highest BCUT2D eigenvalue weighted by atomic mass is 28.4. The van der Waals surface area contributed by atoms with E-state index in [4.69, 9.17) is 4.43 Å². The smallest absolute Gasteiger partial charge is 0.192 e. The van der Waals surface area contributed by atoms with Gasteiger partial charge in [0.15, 0.2) is 8.32 Å². The Labute approximate surface area is 95.3 Å². The molecule has 0 unspecified atom stereocenters. The summed E-state index contributed by atoms with van der Waals surface area (Å²) in [7, 11) is -1.57. The van der Waals surface area contributed by atoms with Gasteiger partial charge in [-0.15, -0.1) is 0 Å². The fraction of sp³-hybridized carbons (Fsp3) is 0.917. The van der Waals surface area contributed by atoms with Gasteiger partial charge in [-0.25, -0.2) is 0 Å². The molecule has 0 aliphatic carbocycles. The molecule has 0 bridgehead atoms. The molecule has 0 aromatic rings. The van der Waals surface area contributed by atoms with Gasteiger partial charge in [0.1, 0.15) is 0 Å². The second-order valence-electron chi connectivity index (χ2n) is 6.24. The van der Waals surface area contributed by atoms with Crippen LogP contribution in [-0.4, -0.2) is 27.2 Å². The topological polar surface area (TPSA) is 21.6 Å². The van der Waals surface area contributed by atoms with Crippen LogP contribution in [0.15, 0.2) is 4.99 Å². The van der Waals surface area contributed by atoms with Crippen LogP contribution >= 0.6 is 0 Å². The second kappa shape index (κ2) is 4.38. The molecule has 1 aliphatic heterocycles. The van der Waals surface area contributed by atoms with Crippen molar-refractivity contribution in [2.75, 3.05) is 6.61 Å². The number of hydrogen-bond acceptors (Lipinski definition) is 2. The highest BCUT2D eigenvalue weighted by Crippen LogP contribution is 2.36. The molecule has 0 radical (unpaired) electrons. The maximum Gasteiger partial charge on any atom is 0.192 e. The molecule has 0 N–H and O–H groups in total. The number of hydrogen-bond donors (Lipinski definition) is 0. The van der Waals surface area contributed by atoms with Crippen molar-refractivity contribution in [3.05, 3.63) is 0 Å². The Bertz CT molecular complexity index is 242. The summed E-state index contributed by atoms with van der Waals surface area (Å²) in [6.07, 6.45) is 3.23. The predicted octanol–water partition coefficient (Wildman–Crippen LogP) is 3.49. The van der Waals surface area contributed by atoms with E-state index in [1.807, 2.05) is 0 Å². The lowest BCUT2D eigenvalue weighted by Gasteiger charge is -2.36. The molecule has 1 rings (SSSR count). The fourth-order valence-electron chi connectivity index (χ4n) is 1.45. The molecular formula is C12H25NOSi. The van der Waals surface area contributed by atoms with Crippen molar-refractivity contribution < 1.29 is 4.43 Å². The third-order valence-corrected chi connectivity index (χ3v) is 8.14.